The maximum Gasteiger partial charge on any atom is 0.163 e. The first-order valence-electron chi connectivity index (χ1n) is 12.4. The lowest BCUT2D eigenvalue weighted by Gasteiger charge is -2.22. The number of ether oxygens (including phenoxy) is 2. The van der Waals surface area contributed by atoms with Crippen LogP contribution in [0.3, 0.4) is 0 Å². The average molecular weight is 455 g/mol. The largest absolute Gasteiger partial charge is 0.353 e. The summed E-state index contributed by atoms with van der Waals surface area (Å²) >= 11 is 0. The maximum atomic E-state index is 13.9. The van der Waals surface area contributed by atoms with Crippen molar-refractivity contribution in [2.45, 2.75) is 76.9 Å². The summed E-state index contributed by atoms with van der Waals surface area (Å²) in [7, 11) is -2.71. The molecule has 1 aliphatic rings. The highest BCUT2D eigenvalue weighted by Crippen LogP contribution is 2.45. The second kappa shape index (κ2) is 14.5. The monoisotopic (exact) mass is 454 g/mol. The number of unbranched alkanes of at least 4 members (excludes halogenated alkanes) is 7. The molecule has 174 valence electrons. The van der Waals surface area contributed by atoms with Crippen molar-refractivity contribution in [2.75, 3.05) is 13.2 Å². The van der Waals surface area contributed by atoms with Crippen LogP contribution in [0.25, 0.3) is 0 Å². The van der Waals surface area contributed by atoms with Crippen molar-refractivity contribution >= 4 is 17.8 Å². The molecule has 0 saturated carbocycles. The summed E-state index contributed by atoms with van der Waals surface area (Å²) in [5.41, 5.74) is 0. The summed E-state index contributed by atoms with van der Waals surface area (Å²) < 4.78 is 25.3. The molecule has 0 radical (unpaired) electrons. The Morgan fingerprint density at radius 3 is 2.00 bits per heavy atom. The Kier molecular flexibility index (Phi) is 11.3. The minimum absolute atomic E-state index is 0.0518. The lowest BCUT2D eigenvalue weighted by Crippen LogP contribution is -2.22. The van der Waals surface area contributed by atoms with Gasteiger partial charge in [-0.15, -0.1) is 0 Å². The SMILES string of the molecule is O=P(C=CCCCCCCCCCOC1CCCCO1)(c1ccccc1)c1ccccc1. The van der Waals surface area contributed by atoms with Crippen LogP contribution in [0.1, 0.15) is 70.6 Å². The molecule has 3 rings (SSSR count). The van der Waals surface area contributed by atoms with E-state index in [1.807, 2.05) is 66.5 Å². The zero-order valence-electron chi connectivity index (χ0n) is 19.4. The van der Waals surface area contributed by atoms with Gasteiger partial charge < -0.3 is 14.0 Å². The fourth-order valence-corrected chi connectivity index (χ4v) is 6.47. The Labute approximate surface area is 194 Å². The molecule has 4 heteroatoms. The van der Waals surface area contributed by atoms with Crippen LogP contribution in [0.4, 0.5) is 0 Å². The molecule has 0 aliphatic carbocycles. The topological polar surface area (TPSA) is 35.5 Å². The van der Waals surface area contributed by atoms with Crippen LogP contribution >= 0.6 is 7.14 Å². The van der Waals surface area contributed by atoms with E-state index in [0.29, 0.717) is 0 Å². The van der Waals surface area contributed by atoms with E-state index >= 15 is 0 Å². The van der Waals surface area contributed by atoms with E-state index in [1.165, 1.54) is 44.9 Å². The van der Waals surface area contributed by atoms with Gasteiger partial charge >= 0.3 is 0 Å². The van der Waals surface area contributed by atoms with Crippen LogP contribution in [0.2, 0.25) is 0 Å². The number of hydrogen-bond acceptors (Lipinski definition) is 3. The van der Waals surface area contributed by atoms with Crippen molar-refractivity contribution in [3.63, 3.8) is 0 Å². The number of hydrogen-bond donors (Lipinski definition) is 0. The summed E-state index contributed by atoms with van der Waals surface area (Å²) in [5.74, 6) is 1.97. The molecule has 1 aliphatic heterocycles. The van der Waals surface area contributed by atoms with Gasteiger partial charge in [-0.3, -0.25) is 0 Å². The van der Waals surface area contributed by atoms with Gasteiger partial charge in [-0.05, 0) is 44.3 Å². The van der Waals surface area contributed by atoms with E-state index in [2.05, 4.69) is 6.08 Å². The van der Waals surface area contributed by atoms with Crippen LogP contribution in [-0.2, 0) is 14.0 Å². The van der Waals surface area contributed by atoms with Gasteiger partial charge in [-0.25, -0.2) is 0 Å². The zero-order valence-corrected chi connectivity index (χ0v) is 20.3. The number of rotatable bonds is 14. The van der Waals surface area contributed by atoms with Gasteiger partial charge in [0.05, 0.1) is 0 Å². The molecule has 1 heterocycles. The summed E-state index contributed by atoms with van der Waals surface area (Å²) in [6, 6.07) is 19.7. The van der Waals surface area contributed by atoms with Gasteiger partial charge in [-0.2, -0.15) is 0 Å². The second-order valence-electron chi connectivity index (χ2n) is 8.64. The van der Waals surface area contributed by atoms with Crippen LogP contribution < -0.4 is 10.6 Å². The first-order valence-corrected chi connectivity index (χ1v) is 14.2. The molecule has 1 unspecified atom stereocenters. The fraction of sp³-hybridized carbons (Fsp3) is 0.500. The van der Waals surface area contributed by atoms with Gasteiger partial charge in [0.15, 0.2) is 13.4 Å². The van der Waals surface area contributed by atoms with E-state index in [0.717, 1.165) is 49.5 Å². The first kappa shape index (κ1) is 25.0. The third-order valence-corrected chi connectivity index (χ3v) is 8.81. The average Bonchev–Trinajstić information content (AvgIpc) is 2.86. The molecule has 0 spiro atoms. The lowest BCUT2D eigenvalue weighted by molar-refractivity contribution is -0.162. The number of benzene rings is 2. The lowest BCUT2D eigenvalue weighted by atomic mass is 10.1. The molecule has 0 aromatic heterocycles. The van der Waals surface area contributed by atoms with Crippen LogP contribution in [0.15, 0.2) is 72.6 Å². The summed E-state index contributed by atoms with van der Waals surface area (Å²) in [6.07, 6.45) is 15.2. The van der Waals surface area contributed by atoms with Crippen molar-refractivity contribution in [2.24, 2.45) is 0 Å². The molecule has 1 atom stereocenters. The minimum atomic E-state index is -2.71. The summed E-state index contributed by atoms with van der Waals surface area (Å²) in [4.78, 5) is 0. The molecule has 0 N–H and O–H groups in total. The quantitative estimate of drug-likeness (QED) is 0.224. The molecule has 0 amide bonds. The molecule has 1 saturated heterocycles. The molecular weight excluding hydrogens is 415 g/mol. The van der Waals surface area contributed by atoms with E-state index in [4.69, 9.17) is 9.47 Å². The van der Waals surface area contributed by atoms with Gasteiger partial charge in [0.1, 0.15) is 0 Å². The van der Waals surface area contributed by atoms with E-state index in [9.17, 15) is 4.57 Å². The smallest absolute Gasteiger partial charge is 0.163 e. The Bertz CT molecular complexity index is 770. The minimum Gasteiger partial charge on any atom is -0.353 e. The normalized spacial score (nSPS) is 17.1. The standard InChI is InChI=1S/C28H39O3P/c29-32(26-18-10-8-11-19-26,27-20-12-9-13-21-27)25-17-7-5-3-1-2-4-6-15-23-30-28-22-14-16-24-31-28/h8-13,17-21,25,28H,1-7,14-16,22-24H2. The zero-order chi connectivity index (χ0) is 22.3. The van der Waals surface area contributed by atoms with Crippen molar-refractivity contribution in [1.29, 1.82) is 0 Å². The predicted octanol–water partition coefficient (Wildman–Crippen LogP) is 7.18. The van der Waals surface area contributed by atoms with Crippen LogP contribution in [-0.4, -0.2) is 19.5 Å². The molecule has 1 fully saturated rings. The Balaban J connectivity index is 1.29. The first-order chi connectivity index (χ1) is 15.8. The van der Waals surface area contributed by atoms with Gasteiger partial charge in [-0.1, -0.05) is 98.8 Å². The predicted molar refractivity (Wildman–Crippen MR) is 135 cm³/mol. The summed E-state index contributed by atoms with van der Waals surface area (Å²) in [5, 5.41) is 1.81. The van der Waals surface area contributed by atoms with E-state index in [1.54, 1.807) is 0 Å². The van der Waals surface area contributed by atoms with Gasteiger partial charge in [0.2, 0.25) is 0 Å². The third kappa shape index (κ3) is 8.35. The van der Waals surface area contributed by atoms with Gasteiger partial charge in [0, 0.05) is 23.8 Å². The molecule has 3 nitrogen and oxygen atoms in total. The summed E-state index contributed by atoms with van der Waals surface area (Å²) in [6.45, 7) is 1.69. The van der Waals surface area contributed by atoms with E-state index < -0.39 is 7.14 Å². The highest BCUT2D eigenvalue weighted by Gasteiger charge is 2.23. The highest BCUT2D eigenvalue weighted by molar-refractivity contribution is 7.81. The molecule has 2 aromatic carbocycles. The van der Waals surface area contributed by atoms with Crippen molar-refractivity contribution in [3.05, 3.63) is 72.6 Å². The molecule has 2 aromatic rings. The Hall–Kier alpha value is -1.67. The van der Waals surface area contributed by atoms with Crippen LogP contribution in [0.5, 0.6) is 0 Å². The highest BCUT2D eigenvalue weighted by atomic mass is 31.2. The maximum absolute atomic E-state index is 13.9. The van der Waals surface area contributed by atoms with Crippen molar-refractivity contribution < 1.29 is 14.0 Å². The van der Waals surface area contributed by atoms with Gasteiger partial charge in [0.25, 0.3) is 0 Å². The Morgan fingerprint density at radius 2 is 1.41 bits per heavy atom. The van der Waals surface area contributed by atoms with Crippen molar-refractivity contribution in [3.8, 4) is 0 Å². The van der Waals surface area contributed by atoms with E-state index in [-0.39, 0.29) is 6.29 Å². The molecule has 0 bridgehead atoms. The van der Waals surface area contributed by atoms with Crippen LogP contribution in [0, 0.1) is 0 Å². The second-order valence-corrected chi connectivity index (χ2v) is 11.3. The fourth-order valence-electron chi connectivity index (χ4n) is 4.15. The number of allylic oxidation sites excluding steroid dienone is 1. The van der Waals surface area contributed by atoms with Crippen molar-refractivity contribution in [1.82, 2.24) is 0 Å². The third-order valence-electron chi connectivity index (χ3n) is 6.05. The molecular formula is C28H39O3P. The molecule has 32 heavy (non-hydrogen) atoms. The Morgan fingerprint density at radius 1 is 0.812 bits per heavy atom.